The molecule has 1 amide bonds. The average molecular weight is 258 g/mol. The number of anilines is 1. The Morgan fingerprint density at radius 2 is 2.11 bits per heavy atom. The summed E-state index contributed by atoms with van der Waals surface area (Å²) in [7, 11) is 5.44. The lowest BCUT2D eigenvalue weighted by Gasteiger charge is -2.15. The first kappa shape index (κ1) is 13.1. The molecule has 100 valence electrons. The molecule has 0 radical (unpaired) electrons. The highest BCUT2D eigenvalue weighted by molar-refractivity contribution is 5.99. The van der Waals surface area contributed by atoms with Crippen molar-refractivity contribution in [3.63, 3.8) is 0 Å². The summed E-state index contributed by atoms with van der Waals surface area (Å²) >= 11 is 0. The zero-order valence-electron chi connectivity index (χ0n) is 11.4. The van der Waals surface area contributed by atoms with E-state index in [1.807, 2.05) is 42.1 Å². The summed E-state index contributed by atoms with van der Waals surface area (Å²) in [6.07, 6.45) is 3.65. The molecular formula is C14H18N4O. The minimum Gasteiger partial charge on any atom is -0.377 e. The zero-order chi connectivity index (χ0) is 13.8. The van der Waals surface area contributed by atoms with Crippen LogP contribution in [0.15, 0.2) is 36.7 Å². The molecule has 0 bridgehead atoms. The Kier molecular flexibility index (Phi) is 3.85. The molecule has 1 aromatic heterocycles. The van der Waals surface area contributed by atoms with Gasteiger partial charge in [0.2, 0.25) is 0 Å². The van der Waals surface area contributed by atoms with Crippen LogP contribution >= 0.6 is 0 Å². The van der Waals surface area contributed by atoms with Gasteiger partial charge in [-0.25, -0.2) is 4.98 Å². The molecule has 0 fully saturated rings. The molecule has 0 aliphatic carbocycles. The van der Waals surface area contributed by atoms with Gasteiger partial charge in [-0.2, -0.15) is 0 Å². The maximum absolute atomic E-state index is 12.1. The zero-order valence-corrected chi connectivity index (χ0v) is 11.4. The highest BCUT2D eigenvalue weighted by Gasteiger charge is 2.12. The first-order valence-electron chi connectivity index (χ1n) is 6.10. The van der Waals surface area contributed by atoms with Gasteiger partial charge in [0.05, 0.1) is 12.1 Å². The summed E-state index contributed by atoms with van der Waals surface area (Å²) in [5, 5.41) is 3.26. The second-order valence-electron chi connectivity index (χ2n) is 4.55. The third-order valence-corrected chi connectivity index (χ3v) is 2.92. The van der Waals surface area contributed by atoms with Gasteiger partial charge in [0.1, 0.15) is 5.82 Å². The molecule has 1 aromatic carbocycles. The van der Waals surface area contributed by atoms with Crippen LogP contribution in [0.1, 0.15) is 16.2 Å². The SMILES string of the molecule is CN(C)C(=O)c1ccccc1NCc1nccn1C. The van der Waals surface area contributed by atoms with Crippen molar-refractivity contribution in [3.05, 3.63) is 48.0 Å². The lowest BCUT2D eigenvalue weighted by molar-refractivity contribution is 0.0828. The van der Waals surface area contributed by atoms with Crippen LogP contribution in [-0.4, -0.2) is 34.5 Å². The van der Waals surface area contributed by atoms with E-state index in [9.17, 15) is 4.79 Å². The van der Waals surface area contributed by atoms with Crippen LogP contribution in [0.25, 0.3) is 0 Å². The molecular weight excluding hydrogens is 240 g/mol. The molecule has 0 saturated heterocycles. The number of carbonyl (C=O) groups is 1. The number of aromatic nitrogens is 2. The maximum Gasteiger partial charge on any atom is 0.255 e. The third-order valence-electron chi connectivity index (χ3n) is 2.92. The first-order chi connectivity index (χ1) is 9.09. The second kappa shape index (κ2) is 5.56. The molecule has 2 rings (SSSR count). The Hall–Kier alpha value is -2.30. The van der Waals surface area contributed by atoms with Crippen LogP contribution in [0.2, 0.25) is 0 Å². The van der Waals surface area contributed by atoms with Gasteiger partial charge in [0.25, 0.3) is 5.91 Å². The molecule has 0 atom stereocenters. The molecule has 5 heteroatoms. The highest BCUT2D eigenvalue weighted by Crippen LogP contribution is 2.17. The van der Waals surface area contributed by atoms with E-state index in [1.165, 1.54) is 0 Å². The fourth-order valence-electron chi connectivity index (χ4n) is 1.81. The molecule has 0 spiro atoms. The van der Waals surface area contributed by atoms with E-state index in [0.29, 0.717) is 12.1 Å². The molecule has 1 heterocycles. The van der Waals surface area contributed by atoms with Crippen LogP contribution < -0.4 is 5.32 Å². The quantitative estimate of drug-likeness (QED) is 0.908. The lowest BCUT2D eigenvalue weighted by Crippen LogP contribution is -2.23. The second-order valence-corrected chi connectivity index (χ2v) is 4.55. The number of benzene rings is 1. The fourth-order valence-corrected chi connectivity index (χ4v) is 1.81. The van der Waals surface area contributed by atoms with Crippen molar-refractivity contribution in [1.29, 1.82) is 0 Å². The highest BCUT2D eigenvalue weighted by atomic mass is 16.2. The Labute approximate surface area is 112 Å². The number of nitrogens with one attached hydrogen (secondary N) is 1. The van der Waals surface area contributed by atoms with Crippen LogP contribution in [0.3, 0.4) is 0 Å². The van der Waals surface area contributed by atoms with Crippen molar-refractivity contribution >= 4 is 11.6 Å². The normalized spacial score (nSPS) is 10.3. The Bertz CT molecular complexity index is 574. The number of rotatable bonds is 4. The smallest absolute Gasteiger partial charge is 0.255 e. The van der Waals surface area contributed by atoms with E-state index in [-0.39, 0.29) is 5.91 Å². The molecule has 19 heavy (non-hydrogen) atoms. The van der Waals surface area contributed by atoms with Gasteiger partial charge in [-0.1, -0.05) is 12.1 Å². The van der Waals surface area contributed by atoms with Crippen molar-refractivity contribution in [3.8, 4) is 0 Å². The summed E-state index contributed by atoms with van der Waals surface area (Å²) in [6.45, 7) is 0.585. The summed E-state index contributed by atoms with van der Waals surface area (Å²) in [6, 6.07) is 7.50. The third kappa shape index (κ3) is 2.93. The van der Waals surface area contributed by atoms with Gasteiger partial charge in [0.15, 0.2) is 0 Å². The molecule has 5 nitrogen and oxygen atoms in total. The van der Waals surface area contributed by atoms with Gasteiger partial charge in [-0.3, -0.25) is 4.79 Å². The Morgan fingerprint density at radius 3 is 2.74 bits per heavy atom. The number of imidazole rings is 1. The monoisotopic (exact) mass is 258 g/mol. The Morgan fingerprint density at radius 1 is 1.37 bits per heavy atom. The van der Waals surface area contributed by atoms with Crippen LogP contribution in [0, 0.1) is 0 Å². The van der Waals surface area contributed by atoms with Gasteiger partial charge in [-0.15, -0.1) is 0 Å². The van der Waals surface area contributed by atoms with Gasteiger partial charge in [0, 0.05) is 39.2 Å². The topological polar surface area (TPSA) is 50.2 Å². The van der Waals surface area contributed by atoms with Crippen LogP contribution in [0.5, 0.6) is 0 Å². The number of hydrogen-bond donors (Lipinski definition) is 1. The summed E-state index contributed by atoms with van der Waals surface area (Å²) in [5.41, 5.74) is 1.49. The average Bonchev–Trinajstić information content (AvgIpc) is 2.81. The number of nitrogens with zero attached hydrogens (tertiary/aromatic N) is 3. The van der Waals surface area contributed by atoms with E-state index >= 15 is 0 Å². The number of para-hydroxylation sites is 1. The van der Waals surface area contributed by atoms with E-state index in [0.717, 1.165) is 11.5 Å². The van der Waals surface area contributed by atoms with Crippen LogP contribution in [0.4, 0.5) is 5.69 Å². The molecule has 0 aliphatic rings. The van der Waals surface area contributed by atoms with Crippen molar-refractivity contribution in [2.24, 2.45) is 7.05 Å². The fraction of sp³-hybridized carbons (Fsp3) is 0.286. The summed E-state index contributed by atoms with van der Waals surface area (Å²) in [4.78, 5) is 17.9. The number of carbonyl (C=O) groups excluding carboxylic acids is 1. The summed E-state index contributed by atoms with van der Waals surface area (Å²) < 4.78 is 1.95. The van der Waals surface area contributed by atoms with Crippen LogP contribution in [-0.2, 0) is 13.6 Å². The molecule has 0 saturated carbocycles. The summed E-state index contributed by atoms with van der Waals surface area (Å²) in [5.74, 6) is 0.912. The minimum atomic E-state index is -0.0112. The Balaban J connectivity index is 2.17. The molecule has 0 aliphatic heterocycles. The number of aryl methyl sites for hydroxylation is 1. The van der Waals surface area contributed by atoms with E-state index in [2.05, 4.69) is 10.3 Å². The first-order valence-corrected chi connectivity index (χ1v) is 6.10. The lowest BCUT2D eigenvalue weighted by atomic mass is 10.1. The minimum absolute atomic E-state index is 0.0112. The number of amides is 1. The van der Waals surface area contributed by atoms with Crippen molar-refractivity contribution < 1.29 is 4.79 Å². The standard InChI is InChI=1S/C14H18N4O/c1-17(2)14(19)11-6-4-5-7-12(11)16-10-13-15-8-9-18(13)3/h4-9,16H,10H2,1-3H3. The van der Waals surface area contributed by atoms with Gasteiger partial charge >= 0.3 is 0 Å². The van der Waals surface area contributed by atoms with Gasteiger partial charge in [-0.05, 0) is 12.1 Å². The van der Waals surface area contributed by atoms with Crippen molar-refractivity contribution in [2.45, 2.75) is 6.54 Å². The van der Waals surface area contributed by atoms with E-state index in [4.69, 9.17) is 0 Å². The molecule has 0 unspecified atom stereocenters. The predicted octanol–water partition coefficient (Wildman–Crippen LogP) is 1.73. The number of hydrogen-bond acceptors (Lipinski definition) is 3. The van der Waals surface area contributed by atoms with Crippen molar-refractivity contribution in [1.82, 2.24) is 14.5 Å². The van der Waals surface area contributed by atoms with E-state index in [1.54, 1.807) is 25.2 Å². The van der Waals surface area contributed by atoms with Gasteiger partial charge < -0.3 is 14.8 Å². The maximum atomic E-state index is 12.1. The molecule has 2 aromatic rings. The predicted molar refractivity (Wildman–Crippen MR) is 75.0 cm³/mol. The van der Waals surface area contributed by atoms with Crippen molar-refractivity contribution in [2.75, 3.05) is 19.4 Å². The largest absolute Gasteiger partial charge is 0.377 e. The molecule has 1 N–H and O–H groups in total. The van der Waals surface area contributed by atoms with E-state index < -0.39 is 0 Å².